The standard InChI is InChI=1S/C15H18N2O3/c1-4-10(5-2)20-13-11-7-6-9(16)8-12(11)17-15(18)14(13)19-3/h4,6-8H,5,16H2,1-3H3,(H,17,18). The maximum Gasteiger partial charge on any atom is 0.294 e. The molecule has 0 fully saturated rings. The van der Waals surface area contributed by atoms with E-state index >= 15 is 0 Å². The zero-order valence-electron chi connectivity index (χ0n) is 11.8. The van der Waals surface area contributed by atoms with E-state index in [1.165, 1.54) is 7.11 Å². The van der Waals surface area contributed by atoms with E-state index in [1.807, 2.05) is 19.9 Å². The summed E-state index contributed by atoms with van der Waals surface area (Å²) >= 11 is 0. The number of nitrogen functional groups attached to an aromatic ring is 1. The Kier molecular flexibility index (Phi) is 3.98. The van der Waals surface area contributed by atoms with Gasteiger partial charge in [0.05, 0.1) is 18.4 Å². The molecule has 1 heterocycles. The number of hydrogen-bond donors (Lipinski definition) is 2. The summed E-state index contributed by atoms with van der Waals surface area (Å²) in [7, 11) is 1.45. The average Bonchev–Trinajstić information content (AvgIpc) is 2.43. The lowest BCUT2D eigenvalue weighted by molar-refractivity contribution is 0.353. The molecule has 5 nitrogen and oxygen atoms in total. The predicted molar refractivity (Wildman–Crippen MR) is 80.2 cm³/mol. The van der Waals surface area contributed by atoms with Crippen LogP contribution in [0.25, 0.3) is 10.9 Å². The van der Waals surface area contributed by atoms with Crippen LogP contribution >= 0.6 is 0 Å². The van der Waals surface area contributed by atoms with Crippen LogP contribution in [0.2, 0.25) is 0 Å². The topological polar surface area (TPSA) is 77.3 Å². The Balaban J connectivity index is 2.73. The SMILES string of the molecule is CC=C(CC)Oc1c(OC)c(=O)[nH]c2cc(N)ccc12. The minimum Gasteiger partial charge on any atom is -0.488 e. The van der Waals surface area contributed by atoms with Crippen molar-refractivity contribution in [3.05, 3.63) is 40.4 Å². The van der Waals surface area contributed by atoms with E-state index in [1.54, 1.807) is 18.2 Å². The fourth-order valence-corrected chi connectivity index (χ4v) is 2.02. The summed E-state index contributed by atoms with van der Waals surface area (Å²) in [5.74, 6) is 1.35. The minimum absolute atomic E-state index is 0.162. The van der Waals surface area contributed by atoms with E-state index in [0.29, 0.717) is 17.0 Å². The van der Waals surface area contributed by atoms with Crippen LogP contribution in [0, 0.1) is 0 Å². The lowest BCUT2D eigenvalue weighted by Gasteiger charge is -2.14. The summed E-state index contributed by atoms with van der Waals surface area (Å²) in [6, 6.07) is 5.26. The number of ether oxygens (including phenoxy) is 2. The fraction of sp³-hybridized carbons (Fsp3) is 0.267. The highest BCUT2D eigenvalue weighted by Gasteiger charge is 2.16. The molecule has 1 aromatic heterocycles. The second kappa shape index (κ2) is 5.69. The van der Waals surface area contributed by atoms with Crippen molar-refractivity contribution in [1.29, 1.82) is 0 Å². The van der Waals surface area contributed by atoms with Gasteiger partial charge in [-0.2, -0.15) is 0 Å². The molecule has 0 saturated heterocycles. The molecule has 0 aliphatic rings. The Morgan fingerprint density at radius 1 is 1.40 bits per heavy atom. The van der Waals surface area contributed by atoms with Crippen LogP contribution < -0.4 is 20.8 Å². The third-order valence-corrected chi connectivity index (χ3v) is 3.06. The zero-order valence-corrected chi connectivity index (χ0v) is 11.8. The number of aromatic nitrogens is 1. The smallest absolute Gasteiger partial charge is 0.294 e. The number of benzene rings is 1. The highest BCUT2D eigenvalue weighted by Crippen LogP contribution is 2.33. The first kappa shape index (κ1) is 14.0. The van der Waals surface area contributed by atoms with Crippen LogP contribution in [0.3, 0.4) is 0 Å². The first-order chi connectivity index (χ1) is 9.60. The molecule has 0 aliphatic heterocycles. The summed E-state index contributed by atoms with van der Waals surface area (Å²) in [6.45, 7) is 3.87. The van der Waals surface area contributed by atoms with Crippen molar-refractivity contribution in [3.8, 4) is 11.5 Å². The second-order valence-electron chi connectivity index (χ2n) is 4.33. The van der Waals surface area contributed by atoms with Crippen LogP contribution in [0.5, 0.6) is 11.5 Å². The van der Waals surface area contributed by atoms with Crippen molar-refractivity contribution in [3.63, 3.8) is 0 Å². The van der Waals surface area contributed by atoms with Gasteiger partial charge in [-0.05, 0) is 31.2 Å². The molecule has 0 unspecified atom stereocenters. The predicted octanol–water partition coefficient (Wildman–Crippen LogP) is 2.81. The molecule has 0 amide bonds. The van der Waals surface area contributed by atoms with Gasteiger partial charge in [-0.1, -0.05) is 6.92 Å². The molecule has 0 saturated carbocycles. The maximum absolute atomic E-state index is 12.0. The molecule has 0 radical (unpaired) electrons. The van der Waals surface area contributed by atoms with Gasteiger partial charge in [-0.3, -0.25) is 4.79 Å². The van der Waals surface area contributed by atoms with Gasteiger partial charge in [0, 0.05) is 17.5 Å². The number of H-pyrrole nitrogens is 1. The van der Waals surface area contributed by atoms with Gasteiger partial charge in [0.2, 0.25) is 5.75 Å². The molecule has 0 spiro atoms. The van der Waals surface area contributed by atoms with E-state index in [-0.39, 0.29) is 11.3 Å². The first-order valence-corrected chi connectivity index (χ1v) is 6.43. The maximum atomic E-state index is 12.0. The second-order valence-corrected chi connectivity index (χ2v) is 4.33. The number of nitrogens with one attached hydrogen (secondary N) is 1. The lowest BCUT2D eigenvalue weighted by atomic mass is 10.1. The van der Waals surface area contributed by atoms with Crippen molar-refractivity contribution in [2.45, 2.75) is 20.3 Å². The number of pyridine rings is 1. The minimum atomic E-state index is -0.341. The van der Waals surface area contributed by atoms with Crippen LogP contribution in [0.15, 0.2) is 34.8 Å². The van der Waals surface area contributed by atoms with Gasteiger partial charge >= 0.3 is 0 Å². The highest BCUT2D eigenvalue weighted by atomic mass is 16.5. The van der Waals surface area contributed by atoms with Gasteiger partial charge in [0.15, 0.2) is 5.75 Å². The monoisotopic (exact) mass is 274 g/mol. The normalized spacial score (nSPS) is 11.7. The fourth-order valence-electron chi connectivity index (χ4n) is 2.02. The molecule has 0 aliphatic carbocycles. The van der Waals surface area contributed by atoms with E-state index in [2.05, 4.69) is 4.98 Å². The molecule has 106 valence electrons. The third kappa shape index (κ3) is 2.47. The van der Waals surface area contributed by atoms with Gasteiger partial charge < -0.3 is 20.2 Å². The molecule has 1 aromatic carbocycles. The van der Waals surface area contributed by atoms with Crippen molar-refractivity contribution < 1.29 is 9.47 Å². The molecular weight excluding hydrogens is 256 g/mol. The number of fused-ring (bicyclic) bond motifs is 1. The van der Waals surface area contributed by atoms with E-state index < -0.39 is 0 Å². The van der Waals surface area contributed by atoms with Crippen LogP contribution in [-0.2, 0) is 0 Å². The number of allylic oxidation sites excluding steroid dienone is 2. The van der Waals surface area contributed by atoms with Gasteiger partial charge in [-0.15, -0.1) is 0 Å². The average molecular weight is 274 g/mol. The number of anilines is 1. The summed E-state index contributed by atoms with van der Waals surface area (Å²) in [5, 5.41) is 0.753. The highest BCUT2D eigenvalue weighted by molar-refractivity contribution is 5.89. The first-order valence-electron chi connectivity index (χ1n) is 6.43. The van der Waals surface area contributed by atoms with Crippen LogP contribution in [0.1, 0.15) is 20.3 Å². The van der Waals surface area contributed by atoms with Crippen LogP contribution in [-0.4, -0.2) is 12.1 Å². The summed E-state index contributed by atoms with van der Waals surface area (Å²) in [6.07, 6.45) is 2.59. The van der Waals surface area contributed by atoms with E-state index in [0.717, 1.165) is 17.6 Å². The Morgan fingerprint density at radius 3 is 2.75 bits per heavy atom. The molecule has 0 atom stereocenters. The molecular formula is C15H18N2O3. The number of nitrogens with two attached hydrogens (primary N) is 1. The number of aromatic amines is 1. The molecule has 5 heteroatoms. The van der Waals surface area contributed by atoms with Crippen molar-refractivity contribution in [2.24, 2.45) is 0 Å². The zero-order chi connectivity index (χ0) is 14.7. The Morgan fingerprint density at radius 2 is 2.15 bits per heavy atom. The summed E-state index contributed by atoms with van der Waals surface area (Å²) in [4.78, 5) is 14.8. The molecule has 2 rings (SSSR count). The van der Waals surface area contributed by atoms with Crippen molar-refractivity contribution >= 4 is 16.6 Å². The quantitative estimate of drug-likeness (QED) is 0.664. The Hall–Kier alpha value is -2.43. The summed E-state index contributed by atoms with van der Waals surface area (Å²) < 4.78 is 11.0. The van der Waals surface area contributed by atoms with E-state index in [4.69, 9.17) is 15.2 Å². The lowest BCUT2D eigenvalue weighted by Crippen LogP contribution is -2.12. The van der Waals surface area contributed by atoms with Crippen molar-refractivity contribution in [2.75, 3.05) is 12.8 Å². The third-order valence-electron chi connectivity index (χ3n) is 3.06. The van der Waals surface area contributed by atoms with Crippen molar-refractivity contribution in [1.82, 2.24) is 4.98 Å². The van der Waals surface area contributed by atoms with Gasteiger partial charge in [-0.25, -0.2) is 0 Å². The number of rotatable bonds is 4. The van der Waals surface area contributed by atoms with Gasteiger partial charge in [0.25, 0.3) is 5.56 Å². The number of methoxy groups -OCH3 is 1. The van der Waals surface area contributed by atoms with E-state index in [9.17, 15) is 4.79 Å². The van der Waals surface area contributed by atoms with Gasteiger partial charge in [0.1, 0.15) is 0 Å². The molecule has 0 bridgehead atoms. The largest absolute Gasteiger partial charge is 0.488 e. The Labute approximate surface area is 117 Å². The van der Waals surface area contributed by atoms with Crippen LogP contribution in [0.4, 0.5) is 5.69 Å². The Bertz CT molecular complexity index is 717. The molecule has 2 aromatic rings. The summed E-state index contributed by atoms with van der Waals surface area (Å²) in [5.41, 5.74) is 6.60. The molecule has 20 heavy (non-hydrogen) atoms. The number of hydrogen-bond acceptors (Lipinski definition) is 4. The molecule has 3 N–H and O–H groups in total.